The molecule has 1 fully saturated rings. The van der Waals surface area contributed by atoms with Crippen molar-refractivity contribution in [2.24, 2.45) is 0 Å². The predicted molar refractivity (Wildman–Crippen MR) is 79.2 cm³/mol. The average Bonchev–Trinajstić information content (AvgIpc) is 2.94. The number of aryl methyl sites for hydroxylation is 1. The summed E-state index contributed by atoms with van der Waals surface area (Å²) in [6.07, 6.45) is 5.13. The van der Waals surface area contributed by atoms with Gasteiger partial charge in [0, 0.05) is 38.6 Å². The van der Waals surface area contributed by atoms with Crippen LogP contribution in [0.1, 0.15) is 15.2 Å². The van der Waals surface area contributed by atoms with Gasteiger partial charge < -0.3 is 9.80 Å². The lowest BCUT2D eigenvalue weighted by molar-refractivity contribution is 0.0751. The van der Waals surface area contributed by atoms with E-state index in [1.807, 2.05) is 23.3 Å². The Hall–Kier alpha value is -1.95. The van der Waals surface area contributed by atoms with E-state index in [1.54, 1.807) is 18.6 Å². The standard InChI is InChI=1S/C14H16N4OS/c1-11-2-9-20-13(11)14(19)18-7-5-17(6-8-18)12-10-15-3-4-16-12/h2-4,9-10H,5-8H2,1H3. The van der Waals surface area contributed by atoms with Crippen molar-refractivity contribution in [3.8, 4) is 0 Å². The summed E-state index contributed by atoms with van der Waals surface area (Å²) in [7, 11) is 0. The molecule has 0 N–H and O–H groups in total. The van der Waals surface area contributed by atoms with Crippen molar-refractivity contribution < 1.29 is 4.79 Å². The van der Waals surface area contributed by atoms with E-state index in [0.717, 1.165) is 42.4 Å². The highest BCUT2D eigenvalue weighted by molar-refractivity contribution is 7.12. The Kier molecular flexibility index (Phi) is 3.64. The molecule has 3 heterocycles. The summed E-state index contributed by atoms with van der Waals surface area (Å²) in [5.74, 6) is 1.03. The molecule has 6 heteroatoms. The number of nitrogens with zero attached hydrogens (tertiary/aromatic N) is 4. The normalized spacial score (nSPS) is 15.4. The molecule has 0 atom stereocenters. The highest BCUT2D eigenvalue weighted by Gasteiger charge is 2.24. The lowest BCUT2D eigenvalue weighted by Crippen LogP contribution is -2.49. The van der Waals surface area contributed by atoms with E-state index in [2.05, 4.69) is 14.9 Å². The number of rotatable bonds is 2. The zero-order valence-electron chi connectivity index (χ0n) is 11.3. The smallest absolute Gasteiger partial charge is 0.264 e. The molecule has 0 aliphatic carbocycles. The minimum Gasteiger partial charge on any atom is -0.352 e. The first-order valence-corrected chi connectivity index (χ1v) is 7.48. The van der Waals surface area contributed by atoms with Crippen molar-refractivity contribution in [3.63, 3.8) is 0 Å². The van der Waals surface area contributed by atoms with Gasteiger partial charge in [0.25, 0.3) is 5.91 Å². The summed E-state index contributed by atoms with van der Waals surface area (Å²) < 4.78 is 0. The van der Waals surface area contributed by atoms with Crippen LogP contribution in [-0.4, -0.2) is 47.0 Å². The topological polar surface area (TPSA) is 49.3 Å². The van der Waals surface area contributed by atoms with Gasteiger partial charge in [-0.15, -0.1) is 11.3 Å². The third kappa shape index (κ3) is 2.51. The lowest BCUT2D eigenvalue weighted by atomic mass is 10.2. The van der Waals surface area contributed by atoms with Gasteiger partial charge in [-0.25, -0.2) is 4.98 Å². The minimum atomic E-state index is 0.149. The van der Waals surface area contributed by atoms with Gasteiger partial charge in [0.05, 0.1) is 11.1 Å². The second-order valence-electron chi connectivity index (χ2n) is 4.78. The molecule has 1 aliphatic rings. The summed E-state index contributed by atoms with van der Waals surface area (Å²) in [5, 5.41) is 1.97. The quantitative estimate of drug-likeness (QED) is 0.845. The Morgan fingerprint density at radius 2 is 2.05 bits per heavy atom. The molecule has 0 saturated carbocycles. The summed E-state index contributed by atoms with van der Waals surface area (Å²) in [6.45, 7) is 5.04. The van der Waals surface area contributed by atoms with Crippen LogP contribution in [0.3, 0.4) is 0 Å². The molecule has 1 saturated heterocycles. The molecule has 1 amide bonds. The number of amides is 1. The van der Waals surface area contributed by atoms with Crippen molar-refractivity contribution in [1.82, 2.24) is 14.9 Å². The molecule has 20 heavy (non-hydrogen) atoms. The number of aromatic nitrogens is 2. The van der Waals surface area contributed by atoms with Gasteiger partial charge in [-0.2, -0.15) is 0 Å². The van der Waals surface area contributed by atoms with E-state index >= 15 is 0 Å². The second-order valence-corrected chi connectivity index (χ2v) is 5.69. The largest absolute Gasteiger partial charge is 0.352 e. The van der Waals surface area contributed by atoms with Gasteiger partial charge >= 0.3 is 0 Å². The van der Waals surface area contributed by atoms with Crippen LogP contribution in [0.25, 0.3) is 0 Å². The fourth-order valence-corrected chi connectivity index (χ4v) is 3.22. The van der Waals surface area contributed by atoms with Crippen LogP contribution >= 0.6 is 11.3 Å². The van der Waals surface area contributed by atoms with E-state index in [-0.39, 0.29) is 5.91 Å². The molecule has 2 aromatic heterocycles. The Morgan fingerprint density at radius 1 is 1.25 bits per heavy atom. The summed E-state index contributed by atoms with van der Waals surface area (Å²) in [5.41, 5.74) is 1.07. The minimum absolute atomic E-state index is 0.149. The van der Waals surface area contributed by atoms with Crippen molar-refractivity contribution in [2.75, 3.05) is 31.1 Å². The van der Waals surface area contributed by atoms with Crippen LogP contribution in [0.5, 0.6) is 0 Å². The fraction of sp³-hybridized carbons (Fsp3) is 0.357. The van der Waals surface area contributed by atoms with Gasteiger partial charge in [-0.1, -0.05) is 0 Å². The molecular weight excluding hydrogens is 272 g/mol. The molecule has 0 radical (unpaired) electrons. The molecule has 0 unspecified atom stereocenters. The molecule has 3 rings (SSSR count). The first-order valence-electron chi connectivity index (χ1n) is 6.60. The third-order valence-corrected chi connectivity index (χ3v) is 4.50. The van der Waals surface area contributed by atoms with Gasteiger partial charge in [-0.05, 0) is 23.9 Å². The Labute approximate surface area is 121 Å². The number of hydrogen-bond acceptors (Lipinski definition) is 5. The highest BCUT2D eigenvalue weighted by Crippen LogP contribution is 2.19. The maximum atomic E-state index is 12.4. The Bertz CT molecular complexity index is 590. The zero-order valence-corrected chi connectivity index (χ0v) is 12.1. The summed E-state index contributed by atoms with van der Waals surface area (Å²) in [6, 6.07) is 1.99. The molecule has 2 aromatic rings. The molecule has 0 spiro atoms. The molecular formula is C14H16N4OS. The Balaban J connectivity index is 1.64. The summed E-state index contributed by atoms with van der Waals surface area (Å²) >= 11 is 1.52. The van der Waals surface area contributed by atoms with Crippen LogP contribution in [-0.2, 0) is 0 Å². The van der Waals surface area contributed by atoms with Crippen LogP contribution in [0.4, 0.5) is 5.82 Å². The highest BCUT2D eigenvalue weighted by atomic mass is 32.1. The van der Waals surface area contributed by atoms with Gasteiger partial charge in [-0.3, -0.25) is 9.78 Å². The SMILES string of the molecule is Cc1ccsc1C(=O)N1CCN(c2cnccn2)CC1. The first-order chi connectivity index (χ1) is 9.75. The summed E-state index contributed by atoms with van der Waals surface area (Å²) in [4.78, 5) is 25.7. The second kappa shape index (κ2) is 5.58. The van der Waals surface area contributed by atoms with E-state index in [1.165, 1.54) is 11.3 Å². The first kappa shape index (κ1) is 13.1. The van der Waals surface area contributed by atoms with Gasteiger partial charge in [0.1, 0.15) is 5.82 Å². The molecule has 5 nitrogen and oxygen atoms in total. The number of anilines is 1. The number of hydrogen-bond donors (Lipinski definition) is 0. The molecule has 1 aliphatic heterocycles. The van der Waals surface area contributed by atoms with Crippen LogP contribution < -0.4 is 4.90 Å². The lowest BCUT2D eigenvalue weighted by Gasteiger charge is -2.35. The number of thiophene rings is 1. The van der Waals surface area contributed by atoms with Gasteiger partial charge in [0.2, 0.25) is 0 Å². The third-order valence-electron chi connectivity index (χ3n) is 3.50. The van der Waals surface area contributed by atoms with Crippen molar-refractivity contribution in [3.05, 3.63) is 40.5 Å². The van der Waals surface area contributed by atoms with Crippen LogP contribution in [0.2, 0.25) is 0 Å². The van der Waals surface area contributed by atoms with Gasteiger partial charge in [0.15, 0.2) is 0 Å². The van der Waals surface area contributed by atoms with Crippen LogP contribution in [0.15, 0.2) is 30.0 Å². The van der Waals surface area contributed by atoms with E-state index in [4.69, 9.17) is 0 Å². The van der Waals surface area contributed by atoms with Crippen LogP contribution in [0, 0.1) is 6.92 Å². The number of carbonyl (C=O) groups excluding carboxylic acids is 1. The monoisotopic (exact) mass is 288 g/mol. The average molecular weight is 288 g/mol. The van der Waals surface area contributed by atoms with E-state index in [0.29, 0.717) is 0 Å². The predicted octanol–water partition coefficient (Wildman–Crippen LogP) is 1.81. The molecule has 0 bridgehead atoms. The maximum absolute atomic E-state index is 12.4. The fourth-order valence-electron chi connectivity index (χ4n) is 2.33. The van der Waals surface area contributed by atoms with E-state index < -0.39 is 0 Å². The van der Waals surface area contributed by atoms with Crippen molar-refractivity contribution in [1.29, 1.82) is 0 Å². The number of carbonyl (C=O) groups is 1. The molecule has 104 valence electrons. The maximum Gasteiger partial charge on any atom is 0.264 e. The molecule has 0 aromatic carbocycles. The van der Waals surface area contributed by atoms with Crippen molar-refractivity contribution in [2.45, 2.75) is 6.92 Å². The number of piperazine rings is 1. The Morgan fingerprint density at radius 3 is 2.65 bits per heavy atom. The van der Waals surface area contributed by atoms with Crippen molar-refractivity contribution >= 4 is 23.1 Å². The van der Waals surface area contributed by atoms with E-state index in [9.17, 15) is 4.79 Å². The zero-order chi connectivity index (χ0) is 13.9.